The second kappa shape index (κ2) is 5.85. The molecule has 0 aliphatic carbocycles. The van der Waals surface area contributed by atoms with Gasteiger partial charge in [-0.3, -0.25) is 4.79 Å². The van der Waals surface area contributed by atoms with E-state index >= 15 is 0 Å². The Kier molecular flexibility index (Phi) is 4.74. The fourth-order valence-electron chi connectivity index (χ4n) is 1.15. The van der Waals surface area contributed by atoms with Gasteiger partial charge in [0.2, 0.25) is 0 Å². The molecule has 0 N–H and O–H groups in total. The van der Waals surface area contributed by atoms with Crippen molar-refractivity contribution in [2.75, 3.05) is 6.61 Å². The molecule has 0 spiro atoms. The van der Waals surface area contributed by atoms with Crippen LogP contribution < -0.4 is 4.74 Å². The summed E-state index contributed by atoms with van der Waals surface area (Å²) in [5, 5.41) is 0. The highest BCUT2D eigenvalue weighted by atomic mass is 127. The summed E-state index contributed by atoms with van der Waals surface area (Å²) in [5.74, 6) is 1.92. The normalized spacial score (nSPS) is 11.6. The molecule has 1 atom stereocenters. The maximum atomic E-state index is 13.0. The first-order valence-electron chi connectivity index (χ1n) is 4.60. The predicted octanol–water partition coefficient (Wildman–Crippen LogP) is 2.84. The monoisotopic (exact) mass is 332 g/mol. The standard InChI is InChI=1S/C12H10FIO2/c1-3-6-16-11-7-9(13)4-5-10(11)12(15)8(2)14/h1,4-5,7-8H,6H2,2H3. The van der Waals surface area contributed by atoms with Crippen LogP contribution in [0.25, 0.3) is 0 Å². The van der Waals surface area contributed by atoms with Gasteiger partial charge in [-0.25, -0.2) is 4.39 Å². The van der Waals surface area contributed by atoms with E-state index in [1.807, 2.05) is 22.6 Å². The van der Waals surface area contributed by atoms with E-state index in [-0.39, 0.29) is 22.1 Å². The lowest BCUT2D eigenvalue weighted by molar-refractivity contribution is 0.0995. The second-order valence-electron chi connectivity index (χ2n) is 3.11. The highest BCUT2D eigenvalue weighted by Crippen LogP contribution is 2.23. The number of terminal acetylenes is 1. The third-order valence-electron chi connectivity index (χ3n) is 1.88. The Morgan fingerprint density at radius 1 is 1.69 bits per heavy atom. The van der Waals surface area contributed by atoms with Crippen molar-refractivity contribution in [3.63, 3.8) is 0 Å². The molecule has 1 rings (SSSR count). The van der Waals surface area contributed by atoms with Crippen LogP contribution >= 0.6 is 22.6 Å². The molecule has 0 radical (unpaired) electrons. The van der Waals surface area contributed by atoms with Gasteiger partial charge in [0.1, 0.15) is 18.2 Å². The third-order valence-corrected chi connectivity index (χ3v) is 2.45. The van der Waals surface area contributed by atoms with Crippen molar-refractivity contribution in [1.29, 1.82) is 0 Å². The van der Waals surface area contributed by atoms with E-state index in [2.05, 4.69) is 5.92 Å². The van der Waals surface area contributed by atoms with Gasteiger partial charge in [0.15, 0.2) is 5.78 Å². The summed E-state index contributed by atoms with van der Waals surface area (Å²) in [6.45, 7) is 1.77. The summed E-state index contributed by atoms with van der Waals surface area (Å²) in [7, 11) is 0. The van der Waals surface area contributed by atoms with E-state index in [4.69, 9.17) is 11.2 Å². The highest BCUT2D eigenvalue weighted by molar-refractivity contribution is 14.1. The minimum absolute atomic E-state index is 0.0133. The zero-order valence-electron chi connectivity index (χ0n) is 8.67. The minimum Gasteiger partial charge on any atom is -0.480 e. The first-order valence-corrected chi connectivity index (χ1v) is 5.85. The lowest BCUT2D eigenvalue weighted by Crippen LogP contribution is -2.12. The first kappa shape index (κ1) is 13.0. The molecule has 0 aliphatic heterocycles. The molecular formula is C12H10FIO2. The molecule has 0 heterocycles. The number of alkyl halides is 1. The van der Waals surface area contributed by atoms with Gasteiger partial charge in [-0.05, 0) is 19.1 Å². The van der Waals surface area contributed by atoms with Crippen LogP contribution in [0.2, 0.25) is 0 Å². The number of hydrogen-bond donors (Lipinski definition) is 0. The van der Waals surface area contributed by atoms with Crippen molar-refractivity contribution in [2.24, 2.45) is 0 Å². The SMILES string of the molecule is C#CCOc1cc(F)ccc1C(=O)C(C)I. The van der Waals surface area contributed by atoms with Crippen LogP contribution in [0.15, 0.2) is 18.2 Å². The topological polar surface area (TPSA) is 26.3 Å². The van der Waals surface area contributed by atoms with Gasteiger partial charge in [-0.15, -0.1) is 6.42 Å². The number of benzene rings is 1. The fraction of sp³-hybridized carbons (Fsp3) is 0.250. The minimum atomic E-state index is -0.454. The van der Waals surface area contributed by atoms with Crippen LogP contribution in [0.1, 0.15) is 17.3 Å². The molecule has 0 aromatic heterocycles. The van der Waals surface area contributed by atoms with Crippen molar-refractivity contribution in [1.82, 2.24) is 0 Å². The van der Waals surface area contributed by atoms with E-state index in [0.29, 0.717) is 5.56 Å². The van der Waals surface area contributed by atoms with Crippen molar-refractivity contribution in [3.8, 4) is 18.1 Å². The number of ketones is 1. The Hall–Kier alpha value is -1.09. The smallest absolute Gasteiger partial charge is 0.179 e. The molecule has 0 aliphatic rings. The fourth-order valence-corrected chi connectivity index (χ4v) is 1.49. The number of carbonyl (C=O) groups excluding carboxylic acids is 1. The molecule has 0 fully saturated rings. The van der Waals surface area contributed by atoms with Crippen LogP contribution in [-0.2, 0) is 0 Å². The maximum Gasteiger partial charge on any atom is 0.179 e. The van der Waals surface area contributed by atoms with Gasteiger partial charge in [0.05, 0.1) is 9.49 Å². The van der Waals surface area contributed by atoms with Gasteiger partial charge >= 0.3 is 0 Å². The molecule has 84 valence electrons. The molecule has 0 saturated carbocycles. The van der Waals surface area contributed by atoms with Gasteiger partial charge in [-0.1, -0.05) is 28.5 Å². The van der Waals surface area contributed by atoms with Crippen molar-refractivity contribution in [2.45, 2.75) is 10.8 Å². The van der Waals surface area contributed by atoms with E-state index in [1.54, 1.807) is 6.92 Å². The summed E-state index contributed by atoms with van der Waals surface area (Å²) in [4.78, 5) is 11.8. The van der Waals surface area contributed by atoms with Gasteiger partial charge in [-0.2, -0.15) is 0 Å². The Morgan fingerprint density at radius 3 is 2.94 bits per heavy atom. The molecule has 0 bridgehead atoms. The molecule has 1 aromatic rings. The third kappa shape index (κ3) is 3.20. The van der Waals surface area contributed by atoms with Crippen LogP contribution in [0.5, 0.6) is 5.75 Å². The summed E-state index contributed by atoms with van der Waals surface area (Å²) in [6, 6.07) is 3.82. The average molecular weight is 332 g/mol. The Bertz CT molecular complexity index is 435. The average Bonchev–Trinajstić information content (AvgIpc) is 2.25. The van der Waals surface area contributed by atoms with E-state index < -0.39 is 5.82 Å². The molecule has 1 aromatic carbocycles. The van der Waals surface area contributed by atoms with Crippen molar-refractivity contribution in [3.05, 3.63) is 29.6 Å². The number of halogens is 2. The Balaban J connectivity index is 3.08. The number of carbonyl (C=O) groups is 1. The Labute approximate surface area is 107 Å². The molecule has 1 unspecified atom stereocenters. The lowest BCUT2D eigenvalue weighted by Gasteiger charge is -2.10. The number of ether oxygens (including phenoxy) is 1. The molecule has 0 saturated heterocycles. The number of hydrogen-bond acceptors (Lipinski definition) is 2. The van der Waals surface area contributed by atoms with Gasteiger partial charge in [0, 0.05) is 6.07 Å². The second-order valence-corrected chi connectivity index (χ2v) is 4.98. The summed E-state index contributed by atoms with van der Waals surface area (Å²) in [5.41, 5.74) is 0.360. The Morgan fingerprint density at radius 2 is 2.38 bits per heavy atom. The van der Waals surface area contributed by atoms with Crippen LogP contribution in [0.3, 0.4) is 0 Å². The van der Waals surface area contributed by atoms with Crippen LogP contribution in [-0.4, -0.2) is 16.3 Å². The van der Waals surface area contributed by atoms with Crippen molar-refractivity contribution < 1.29 is 13.9 Å². The zero-order valence-corrected chi connectivity index (χ0v) is 10.8. The van der Waals surface area contributed by atoms with Crippen LogP contribution in [0, 0.1) is 18.2 Å². The quantitative estimate of drug-likeness (QED) is 0.367. The maximum absolute atomic E-state index is 13.0. The molecule has 0 amide bonds. The molecular weight excluding hydrogens is 322 g/mol. The number of rotatable bonds is 4. The lowest BCUT2D eigenvalue weighted by atomic mass is 10.1. The van der Waals surface area contributed by atoms with Gasteiger partial charge in [0.25, 0.3) is 0 Å². The largest absolute Gasteiger partial charge is 0.480 e. The first-order chi connectivity index (χ1) is 7.56. The zero-order chi connectivity index (χ0) is 12.1. The molecule has 4 heteroatoms. The number of Topliss-reactive ketones (excluding diaryl/α,β-unsaturated/α-hetero) is 1. The summed E-state index contributed by atoms with van der Waals surface area (Å²) >= 11 is 2.00. The predicted molar refractivity (Wildman–Crippen MR) is 68.5 cm³/mol. The van der Waals surface area contributed by atoms with Crippen molar-refractivity contribution >= 4 is 28.4 Å². The van der Waals surface area contributed by atoms with E-state index in [9.17, 15) is 9.18 Å². The van der Waals surface area contributed by atoms with Crippen LogP contribution in [0.4, 0.5) is 4.39 Å². The summed E-state index contributed by atoms with van der Waals surface area (Å²) in [6.07, 6.45) is 5.05. The van der Waals surface area contributed by atoms with Gasteiger partial charge < -0.3 is 4.74 Å². The molecule has 2 nitrogen and oxygen atoms in total. The summed E-state index contributed by atoms with van der Waals surface area (Å²) < 4.78 is 17.9. The van der Waals surface area contributed by atoms with E-state index in [0.717, 1.165) is 0 Å². The molecule has 16 heavy (non-hydrogen) atoms. The highest BCUT2D eigenvalue weighted by Gasteiger charge is 2.17. The van der Waals surface area contributed by atoms with E-state index in [1.165, 1.54) is 18.2 Å².